The fourth-order valence-corrected chi connectivity index (χ4v) is 4.10. The van der Waals surface area contributed by atoms with Crippen LogP contribution < -0.4 is 5.32 Å². The molecule has 3 rings (SSSR count). The quantitative estimate of drug-likeness (QED) is 0.767. The van der Waals surface area contributed by atoms with Gasteiger partial charge in [0, 0.05) is 25.6 Å². The van der Waals surface area contributed by atoms with Gasteiger partial charge in [0.1, 0.15) is 5.60 Å². The van der Waals surface area contributed by atoms with E-state index >= 15 is 0 Å². The van der Waals surface area contributed by atoms with E-state index in [1.54, 1.807) is 31.7 Å². The van der Waals surface area contributed by atoms with Gasteiger partial charge >= 0.3 is 12.3 Å². The van der Waals surface area contributed by atoms with Crippen molar-refractivity contribution in [1.29, 1.82) is 5.26 Å². The molecular formula is C22H26F3N3O3. The van der Waals surface area contributed by atoms with Crippen molar-refractivity contribution in [2.45, 2.75) is 58.4 Å². The van der Waals surface area contributed by atoms with Gasteiger partial charge in [-0.1, -0.05) is 6.07 Å². The molecule has 9 heteroatoms. The number of ether oxygens (including phenoxy) is 1. The molecule has 1 atom stereocenters. The molecular weight excluding hydrogens is 411 g/mol. The van der Waals surface area contributed by atoms with E-state index in [1.807, 2.05) is 0 Å². The van der Waals surface area contributed by atoms with Crippen LogP contribution in [-0.4, -0.2) is 35.6 Å². The largest absolute Gasteiger partial charge is 0.444 e. The van der Waals surface area contributed by atoms with Crippen LogP contribution in [-0.2, 0) is 22.3 Å². The summed E-state index contributed by atoms with van der Waals surface area (Å²) in [6, 6.07) is 5.03. The van der Waals surface area contributed by atoms with Gasteiger partial charge in [-0.15, -0.1) is 0 Å². The Morgan fingerprint density at radius 1 is 1.26 bits per heavy atom. The normalized spacial score (nSPS) is 20.2. The van der Waals surface area contributed by atoms with Crippen LogP contribution in [0.15, 0.2) is 18.2 Å². The summed E-state index contributed by atoms with van der Waals surface area (Å²) in [5, 5.41) is 11.5. The standard InChI is InChI=1S/C22H26F3N3O3/c1-20(2,3)31-19(30)28-8-6-21(7-9-28)11-17(21)18(29)27-13-15-5-4-14(12-26)10-16(15)22(23,24)25/h4-5,10,17H,6-9,11,13H2,1-3H3,(H,27,29). The number of halogens is 3. The molecule has 1 aliphatic heterocycles. The Kier molecular flexibility index (Phi) is 5.96. The fourth-order valence-electron chi connectivity index (χ4n) is 4.10. The summed E-state index contributed by atoms with van der Waals surface area (Å²) < 4.78 is 45.2. The van der Waals surface area contributed by atoms with Crippen LogP contribution in [0, 0.1) is 22.7 Å². The molecule has 1 aromatic rings. The average molecular weight is 437 g/mol. The highest BCUT2D eigenvalue weighted by atomic mass is 19.4. The average Bonchev–Trinajstić information content (AvgIpc) is 3.37. The lowest BCUT2D eigenvalue weighted by molar-refractivity contribution is -0.138. The maximum absolute atomic E-state index is 13.3. The Hall–Kier alpha value is -2.76. The van der Waals surface area contributed by atoms with Crippen molar-refractivity contribution in [2.75, 3.05) is 13.1 Å². The molecule has 31 heavy (non-hydrogen) atoms. The Morgan fingerprint density at radius 2 is 1.90 bits per heavy atom. The molecule has 2 amide bonds. The molecule has 1 N–H and O–H groups in total. The molecule has 6 nitrogen and oxygen atoms in total. The number of alkyl halides is 3. The van der Waals surface area contributed by atoms with Gasteiger partial charge in [-0.2, -0.15) is 18.4 Å². The van der Waals surface area contributed by atoms with Crippen molar-refractivity contribution in [2.24, 2.45) is 11.3 Å². The zero-order chi connectivity index (χ0) is 23.0. The minimum atomic E-state index is -4.61. The Morgan fingerprint density at radius 3 is 2.45 bits per heavy atom. The molecule has 0 bridgehead atoms. The van der Waals surface area contributed by atoms with Crippen molar-refractivity contribution in [3.05, 3.63) is 34.9 Å². The predicted molar refractivity (Wildman–Crippen MR) is 106 cm³/mol. The van der Waals surface area contributed by atoms with Crippen LogP contribution in [0.4, 0.5) is 18.0 Å². The molecule has 2 fully saturated rings. The number of hydrogen-bond acceptors (Lipinski definition) is 4. The van der Waals surface area contributed by atoms with Gasteiger partial charge in [-0.25, -0.2) is 4.79 Å². The Bertz CT molecular complexity index is 907. The van der Waals surface area contributed by atoms with Crippen molar-refractivity contribution in [1.82, 2.24) is 10.2 Å². The lowest BCUT2D eigenvalue weighted by Gasteiger charge is -2.34. The van der Waals surface area contributed by atoms with Crippen molar-refractivity contribution in [3.63, 3.8) is 0 Å². The Balaban J connectivity index is 1.55. The van der Waals surface area contributed by atoms with Crippen molar-refractivity contribution in [3.8, 4) is 6.07 Å². The van der Waals surface area contributed by atoms with E-state index in [9.17, 15) is 22.8 Å². The summed E-state index contributed by atoms with van der Waals surface area (Å²) in [6.07, 6.45) is -2.99. The van der Waals surface area contributed by atoms with E-state index in [0.717, 1.165) is 6.07 Å². The van der Waals surface area contributed by atoms with Crippen LogP contribution in [0.25, 0.3) is 0 Å². The van der Waals surface area contributed by atoms with Crippen LogP contribution in [0.5, 0.6) is 0 Å². The van der Waals surface area contributed by atoms with Crippen LogP contribution >= 0.6 is 0 Å². The first-order valence-corrected chi connectivity index (χ1v) is 10.2. The lowest BCUT2D eigenvalue weighted by atomic mass is 9.90. The summed E-state index contributed by atoms with van der Waals surface area (Å²) >= 11 is 0. The first-order valence-electron chi connectivity index (χ1n) is 10.2. The van der Waals surface area contributed by atoms with Gasteiger partial charge in [0.15, 0.2) is 0 Å². The molecule has 2 aliphatic rings. The molecule has 0 aromatic heterocycles. The second-order valence-electron chi connectivity index (χ2n) is 9.29. The maximum atomic E-state index is 13.3. The van der Waals surface area contributed by atoms with Crippen LogP contribution in [0.2, 0.25) is 0 Å². The number of piperidine rings is 1. The van der Waals surface area contributed by atoms with E-state index in [1.165, 1.54) is 12.1 Å². The number of likely N-dealkylation sites (tertiary alicyclic amines) is 1. The SMILES string of the molecule is CC(C)(C)OC(=O)N1CCC2(CC1)CC2C(=O)NCc1ccc(C#N)cc1C(F)(F)F. The van der Waals surface area contributed by atoms with E-state index < -0.39 is 17.3 Å². The van der Waals surface area contributed by atoms with Gasteiger partial charge < -0.3 is 15.0 Å². The smallest absolute Gasteiger partial charge is 0.416 e. The number of amides is 2. The summed E-state index contributed by atoms with van der Waals surface area (Å²) in [7, 11) is 0. The number of carbonyl (C=O) groups excluding carboxylic acids is 2. The van der Waals surface area contributed by atoms with E-state index in [4.69, 9.17) is 10.00 Å². The zero-order valence-electron chi connectivity index (χ0n) is 17.8. The van der Waals surface area contributed by atoms with Crippen molar-refractivity contribution >= 4 is 12.0 Å². The highest BCUT2D eigenvalue weighted by Gasteiger charge is 2.58. The number of hydrogen-bond donors (Lipinski definition) is 1. The molecule has 1 spiro atoms. The number of rotatable bonds is 3. The zero-order valence-corrected chi connectivity index (χ0v) is 17.8. The fraction of sp³-hybridized carbons (Fsp3) is 0.591. The molecule has 1 aliphatic carbocycles. The molecule has 1 saturated heterocycles. The third-order valence-corrected chi connectivity index (χ3v) is 5.91. The maximum Gasteiger partial charge on any atom is 0.416 e. The van der Waals surface area contributed by atoms with Gasteiger partial charge in [0.2, 0.25) is 5.91 Å². The number of benzene rings is 1. The van der Waals surface area contributed by atoms with Gasteiger partial charge in [0.05, 0.1) is 17.2 Å². The first kappa shape index (κ1) is 22.9. The number of carbonyl (C=O) groups is 2. The van der Waals surface area contributed by atoms with E-state index in [2.05, 4.69) is 5.32 Å². The number of nitriles is 1. The minimum absolute atomic E-state index is 0.0747. The third-order valence-electron chi connectivity index (χ3n) is 5.91. The topological polar surface area (TPSA) is 82.4 Å². The lowest BCUT2D eigenvalue weighted by Crippen LogP contribution is -2.43. The van der Waals surface area contributed by atoms with E-state index in [0.29, 0.717) is 32.4 Å². The van der Waals surface area contributed by atoms with Crippen LogP contribution in [0.3, 0.4) is 0 Å². The van der Waals surface area contributed by atoms with Gasteiger partial charge in [-0.05, 0) is 63.1 Å². The minimum Gasteiger partial charge on any atom is -0.444 e. The summed E-state index contributed by atoms with van der Waals surface area (Å²) in [4.78, 5) is 26.4. The van der Waals surface area contributed by atoms with Crippen molar-refractivity contribution < 1.29 is 27.5 Å². The molecule has 168 valence electrons. The summed E-state index contributed by atoms with van der Waals surface area (Å²) in [6.45, 7) is 6.13. The highest BCUT2D eigenvalue weighted by Crippen LogP contribution is 2.59. The summed E-state index contributed by atoms with van der Waals surface area (Å²) in [5.74, 6) is -0.538. The second kappa shape index (κ2) is 8.06. The second-order valence-corrected chi connectivity index (χ2v) is 9.29. The monoisotopic (exact) mass is 437 g/mol. The number of nitrogens with zero attached hydrogens (tertiary/aromatic N) is 2. The molecule has 0 radical (unpaired) electrons. The number of nitrogens with one attached hydrogen (secondary N) is 1. The highest BCUT2D eigenvalue weighted by molar-refractivity contribution is 5.82. The Labute approximate surface area is 179 Å². The molecule has 1 saturated carbocycles. The van der Waals surface area contributed by atoms with E-state index in [-0.39, 0.29) is 41.0 Å². The third kappa shape index (κ3) is 5.30. The van der Waals surface area contributed by atoms with Gasteiger partial charge in [-0.3, -0.25) is 4.79 Å². The molecule has 1 unspecified atom stereocenters. The summed E-state index contributed by atoms with van der Waals surface area (Å²) in [5.41, 5.74) is -1.84. The van der Waals surface area contributed by atoms with Gasteiger partial charge in [0.25, 0.3) is 0 Å². The first-order chi connectivity index (χ1) is 14.3. The predicted octanol–water partition coefficient (Wildman–Crippen LogP) is 4.23. The molecule has 1 aromatic carbocycles. The van der Waals surface area contributed by atoms with Crippen LogP contribution in [0.1, 0.15) is 56.7 Å². The molecule has 1 heterocycles.